The van der Waals surface area contributed by atoms with E-state index >= 15 is 0 Å². The summed E-state index contributed by atoms with van der Waals surface area (Å²) in [7, 11) is -3.57. The van der Waals surface area contributed by atoms with Gasteiger partial charge in [-0.3, -0.25) is 4.31 Å². The maximum atomic E-state index is 13.7. The SMILES string of the molecule is O=S(=O)(CCC1CCCO1)N1CCc2c(F)cc(F)cc21. The van der Waals surface area contributed by atoms with Gasteiger partial charge in [0, 0.05) is 24.8 Å². The first-order valence-electron chi connectivity index (χ1n) is 7.07. The highest BCUT2D eigenvalue weighted by Gasteiger charge is 2.32. The second-order valence-electron chi connectivity index (χ2n) is 5.45. The number of fused-ring (bicyclic) bond motifs is 1. The normalized spacial score (nSPS) is 21.8. The molecule has 0 spiro atoms. The lowest BCUT2D eigenvalue weighted by Gasteiger charge is -2.20. The van der Waals surface area contributed by atoms with E-state index in [9.17, 15) is 17.2 Å². The first-order valence-corrected chi connectivity index (χ1v) is 8.68. The monoisotopic (exact) mass is 317 g/mol. The van der Waals surface area contributed by atoms with Crippen LogP contribution in [0.4, 0.5) is 14.5 Å². The van der Waals surface area contributed by atoms with Gasteiger partial charge in [0.05, 0.1) is 17.5 Å². The molecule has 0 N–H and O–H groups in total. The molecule has 2 heterocycles. The van der Waals surface area contributed by atoms with Gasteiger partial charge in [0.2, 0.25) is 10.0 Å². The standard InChI is InChI=1S/C14H17F2NO3S/c15-10-8-13(16)12-3-5-17(14(12)9-10)21(18,19)7-4-11-2-1-6-20-11/h8-9,11H,1-7H2. The summed E-state index contributed by atoms with van der Waals surface area (Å²) >= 11 is 0. The Morgan fingerprint density at radius 2 is 2.14 bits per heavy atom. The summed E-state index contributed by atoms with van der Waals surface area (Å²) in [6, 6.07) is 1.89. The summed E-state index contributed by atoms with van der Waals surface area (Å²) in [5, 5.41) is 0. The average molecular weight is 317 g/mol. The summed E-state index contributed by atoms with van der Waals surface area (Å²) in [5.41, 5.74) is 0.414. The van der Waals surface area contributed by atoms with Gasteiger partial charge in [-0.25, -0.2) is 17.2 Å². The zero-order valence-electron chi connectivity index (χ0n) is 11.5. The molecule has 0 saturated carbocycles. The van der Waals surface area contributed by atoms with Crippen LogP contribution in [0.25, 0.3) is 0 Å². The summed E-state index contributed by atoms with van der Waals surface area (Å²) in [6.45, 7) is 0.844. The number of anilines is 1. The van der Waals surface area contributed by atoms with Crippen molar-refractivity contribution >= 4 is 15.7 Å². The number of sulfonamides is 1. The van der Waals surface area contributed by atoms with Gasteiger partial charge in [-0.1, -0.05) is 0 Å². The third-order valence-electron chi connectivity index (χ3n) is 4.03. The van der Waals surface area contributed by atoms with Gasteiger partial charge in [-0.15, -0.1) is 0 Å². The molecule has 1 aromatic carbocycles. The number of halogens is 2. The van der Waals surface area contributed by atoms with E-state index in [1.54, 1.807) is 0 Å². The zero-order valence-corrected chi connectivity index (χ0v) is 12.3. The van der Waals surface area contributed by atoms with Crippen LogP contribution in [0.15, 0.2) is 12.1 Å². The van der Waals surface area contributed by atoms with E-state index in [-0.39, 0.29) is 36.1 Å². The third-order valence-corrected chi connectivity index (χ3v) is 5.83. The molecular formula is C14H17F2NO3S. The fourth-order valence-corrected chi connectivity index (χ4v) is 4.56. The maximum absolute atomic E-state index is 13.7. The highest BCUT2D eigenvalue weighted by Crippen LogP contribution is 2.33. The smallest absolute Gasteiger partial charge is 0.235 e. The average Bonchev–Trinajstić information content (AvgIpc) is 3.05. The van der Waals surface area contributed by atoms with Gasteiger partial charge in [0.1, 0.15) is 11.6 Å². The number of ether oxygens (including phenoxy) is 1. The minimum Gasteiger partial charge on any atom is -0.378 e. The minimum absolute atomic E-state index is 0.0221. The van der Waals surface area contributed by atoms with Crippen molar-refractivity contribution < 1.29 is 21.9 Å². The molecule has 1 unspecified atom stereocenters. The maximum Gasteiger partial charge on any atom is 0.235 e. The third kappa shape index (κ3) is 2.89. The number of benzene rings is 1. The van der Waals surface area contributed by atoms with E-state index in [1.807, 2.05) is 0 Å². The summed E-state index contributed by atoms with van der Waals surface area (Å²) in [6.07, 6.45) is 2.50. The molecular weight excluding hydrogens is 300 g/mol. The molecule has 1 fully saturated rings. The Balaban J connectivity index is 1.78. The zero-order chi connectivity index (χ0) is 15.0. The van der Waals surface area contributed by atoms with E-state index < -0.39 is 21.7 Å². The molecule has 2 aliphatic rings. The first kappa shape index (κ1) is 14.7. The number of rotatable bonds is 4. The minimum atomic E-state index is -3.57. The lowest BCUT2D eigenvalue weighted by Crippen LogP contribution is -2.32. The molecule has 1 aromatic rings. The van der Waals surface area contributed by atoms with Crippen LogP contribution in [-0.2, 0) is 21.2 Å². The second-order valence-corrected chi connectivity index (χ2v) is 7.46. The number of hydrogen-bond donors (Lipinski definition) is 0. The van der Waals surface area contributed by atoms with Crippen molar-refractivity contribution in [2.45, 2.75) is 31.8 Å². The molecule has 0 amide bonds. The van der Waals surface area contributed by atoms with Crippen molar-refractivity contribution in [1.29, 1.82) is 0 Å². The lowest BCUT2D eigenvalue weighted by molar-refractivity contribution is 0.109. The van der Waals surface area contributed by atoms with Crippen molar-refractivity contribution in [3.05, 3.63) is 29.3 Å². The van der Waals surface area contributed by atoms with Crippen molar-refractivity contribution in [3.8, 4) is 0 Å². The van der Waals surface area contributed by atoms with Crippen LogP contribution >= 0.6 is 0 Å². The number of hydrogen-bond acceptors (Lipinski definition) is 3. The van der Waals surface area contributed by atoms with E-state index in [1.165, 1.54) is 0 Å². The highest BCUT2D eigenvalue weighted by molar-refractivity contribution is 7.92. The molecule has 0 radical (unpaired) electrons. The predicted molar refractivity (Wildman–Crippen MR) is 74.8 cm³/mol. The molecule has 7 heteroatoms. The van der Waals surface area contributed by atoms with Crippen LogP contribution < -0.4 is 4.31 Å². The second kappa shape index (κ2) is 5.53. The van der Waals surface area contributed by atoms with Crippen LogP contribution in [0.1, 0.15) is 24.8 Å². The summed E-state index contributed by atoms with van der Waals surface area (Å²) < 4.78 is 58.3. The molecule has 3 rings (SSSR count). The molecule has 2 aliphatic heterocycles. The molecule has 0 aromatic heterocycles. The van der Waals surface area contributed by atoms with Gasteiger partial charge >= 0.3 is 0 Å². The Bertz CT molecular complexity index is 642. The predicted octanol–water partition coefficient (Wildman–Crippen LogP) is 2.23. The van der Waals surface area contributed by atoms with Crippen LogP contribution in [0.5, 0.6) is 0 Å². The molecule has 4 nitrogen and oxygen atoms in total. The van der Waals surface area contributed by atoms with Gasteiger partial charge in [-0.05, 0) is 31.7 Å². The topological polar surface area (TPSA) is 46.6 Å². The van der Waals surface area contributed by atoms with Crippen molar-refractivity contribution in [2.75, 3.05) is 23.2 Å². The molecule has 21 heavy (non-hydrogen) atoms. The van der Waals surface area contributed by atoms with Crippen molar-refractivity contribution in [3.63, 3.8) is 0 Å². The lowest BCUT2D eigenvalue weighted by atomic mass is 10.1. The van der Waals surface area contributed by atoms with Gasteiger partial charge in [-0.2, -0.15) is 0 Å². The molecule has 0 bridgehead atoms. The van der Waals surface area contributed by atoms with Gasteiger partial charge in [0.25, 0.3) is 0 Å². The van der Waals surface area contributed by atoms with Crippen molar-refractivity contribution in [1.82, 2.24) is 0 Å². The summed E-state index contributed by atoms with van der Waals surface area (Å²) in [4.78, 5) is 0. The Labute approximate surface area is 122 Å². The van der Waals surface area contributed by atoms with Gasteiger partial charge < -0.3 is 4.74 Å². The highest BCUT2D eigenvalue weighted by atomic mass is 32.2. The first-order chi connectivity index (χ1) is 9.97. The Kier molecular flexibility index (Phi) is 3.88. The van der Waals surface area contributed by atoms with Crippen LogP contribution in [0.2, 0.25) is 0 Å². The van der Waals surface area contributed by atoms with Crippen LogP contribution in [-0.4, -0.2) is 33.4 Å². The largest absolute Gasteiger partial charge is 0.378 e. The molecule has 1 saturated heterocycles. The van der Waals surface area contributed by atoms with Gasteiger partial charge in [0.15, 0.2) is 0 Å². The molecule has 0 aliphatic carbocycles. The quantitative estimate of drug-likeness (QED) is 0.855. The Hall–Kier alpha value is -1.21. The number of nitrogens with zero attached hydrogens (tertiary/aromatic N) is 1. The van der Waals surface area contributed by atoms with E-state index in [0.717, 1.165) is 29.3 Å². The van der Waals surface area contributed by atoms with Crippen molar-refractivity contribution in [2.24, 2.45) is 0 Å². The van der Waals surface area contributed by atoms with E-state index in [4.69, 9.17) is 4.74 Å². The van der Waals surface area contributed by atoms with E-state index in [2.05, 4.69) is 0 Å². The molecule has 1 atom stereocenters. The Morgan fingerprint density at radius 1 is 1.33 bits per heavy atom. The summed E-state index contributed by atoms with van der Waals surface area (Å²) in [5.74, 6) is -1.50. The fourth-order valence-electron chi connectivity index (χ4n) is 2.95. The van der Waals surface area contributed by atoms with Crippen LogP contribution in [0.3, 0.4) is 0 Å². The van der Waals surface area contributed by atoms with E-state index in [0.29, 0.717) is 13.0 Å². The Morgan fingerprint density at radius 3 is 2.86 bits per heavy atom. The molecule has 116 valence electrons. The van der Waals surface area contributed by atoms with Crippen LogP contribution in [0, 0.1) is 11.6 Å². The fraction of sp³-hybridized carbons (Fsp3) is 0.571.